The molecule has 2 atom stereocenters. The molecule has 1 fully saturated rings. The smallest absolute Gasteiger partial charge is 0.0632 e. The zero-order chi connectivity index (χ0) is 10.1. The maximum absolute atomic E-state index is 4.38. The van der Waals surface area contributed by atoms with E-state index in [9.17, 15) is 0 Å². The van der Waals surface area contributed by atoms with Gasteiger partial charge in [0.2, 0.25) is 0 Å². The van der Waals surface area contributed by atoms with Crippen LogP contribution in [-0.2, 0) is 0 Å². The van der Waals surface area contributed by atoms with E-state index in [0.717, 1.165) is 16.3 Å². The first-order valence-corrected chi connectivity index (χ1v) is 6.14. The van der Waals surface area contributed by atoms with Crippen molar-refractivity contribution in [1.82, 2.24) is 9.78 Å². The lowest BCUT2D eigenvalue weighted by atomic mass is 9.80. The molecular formula is C11H17BrN2. The Morgan fingerprint density at radius 1 is 1.29 bits per heavy atom. The number of rotatable bonds is 1. The minimum Gasteiger partial charge on any atom is -0.269 e. The van der Waals surface area contributed by atoms with Crippen LogP contribution in [0, 0.1) is 11.8 Å². The molecule has 0 aliphatic heterocycles. The molecule has 0 radical (unpaired) electrons. The minimum absolute atomic E-state index is 0.611. The van der Waals surface area contributed by atoms with Gasteiger partial charge in [0.25, 0.3) is 0 Å². The minimum atomic E-state index is 0.611. The van der Waals surface area contributed by atoms with Crippen LogP contribution in [0.2, 0.25) is 0 Å². The van der Waals surface area contributed by atoms with Crippen LogP contribution in [0.5, 0.6) is 0 Å². The molecule has 3 heteroatoms. The third kappa shape index (κ3) is 2.19. The molecule has 78 valence electrons. The van der Waals surface area contributed by atoms with Crippen molar-refractivity contribution in [3.05, 3.63) is 16.9 Å². The molecule has 1 heterocycles. The number of hydrogen-bond donors (Lipinski definition) is 0. The van der Waals surface area contributed by atoms with E-state index < -0.39 is 0 Å². The van der Waals surface area contributed by atoms with E-state index in [1.807, 2.05) is 6.20 Å². The Hall–Kier alpha value is -0.310. The van der Waals surface area contributed by atoms with Gasteiger partial charge in [-0.25, -0.2) is 0 Å². The third-order valence-corrected chi connectivity index (χ3v) is 3.51. The SMILES string of the molecule is CC1CC(C)CC(n2cc(Br)cn2)C1. The Morgan fingerprint density at radius 2 is 1.93 bits per heavy atom. The standard InChI is InChI=1S/C11H17BrN2/c1-8-3-9(2)5-11(4-8)14-7-10(12)6-13-14/h6-9,11H,3-5H2,1-2H3. The highest BCUT2D eigenvalue weighted by Gasteiger charge is 2.25. The van der Waals surface area contributed by atoms with Gasteiger partial charge in [-0.2, -0.15) is 5.10 Å². The average Bonchev–Trinajstić information content (AvgIpc) is 2.50. The van der Waals surface area contributed by atoms with Crippen LogP contribution in [0.25, 0.3) is 0 Å². The van der Waals surface area contributed by atoms with E-state index in [-0.39, 0.29) is 0 Å². The lowest BCUT2D eigenvalue weighted by Gasteiger charge is -2.31. The predicted molar refractivity (Wildman–Crippen MR) is 61.1 cm³/mol. The van der Waals surface area contributed by atoms with Gasteiger partial charge in [-0.1, -0.05) is 13.8 Å². The topological polar surface area (TPSA) is 17.8 Å². The van der Waals surface area contributed by atoms with Crippen LogP contribution in [0.1, 0.15) is 39.2 Å². The molecule has 1 aromatic rings. The first-order valence-electron chi connectivity index (χ1n) is 5.35. The molecule has 0 saturated heterocycles. The predicted octanol–water partition coefficient (Wildman–Crippen LogP) is 3.64. The van der Waals surface area contributed by atoms with Crippen molar-refractivity contribution in [3.63, 3.8) is 0 Å². The van der Waals surface area contributed by atoms with E-state index >= 15 is 0 Å². The van der Waals surface area contributed by atoms with Crippen LogP contribution in [-0.4, -0.2) is 9.78 Å². The van der Waals surface area contributed by atoms with E-state index in [0.29, 0.717) is 6.04 Å². The van der Waals surface area contributed by atoms with Crippen molar-refractivity contribution in [2.45, 2.75) is 39.2 Å². The Labute approximate surface area is 93.8 Å². The Bertz CT molecular complexity index is 298. The van der Waals surface area contributed by atoms with Crippen molar-refractivity contribution >= 4 is 15.9 Å². The van der Waals surface area contributed by atoms with Crippen molar-refractivity contribution in [2.75, 3.05) is 0 Å². The summed E-state index contributed by atoms with van der Waals surface area (Å²) in [5.41, 5.74) is 0. The van der Waals surface area contributed by atoms with Crippen LogP contribution >= 0.6 is 15.9 Å². The third-order valence-electron chi connectivity index (χ3n) is 3.10. The van der Waals surface area contributed by atoms with Crippen LogP contribution < -0.4 is 0 Å². The van der Waals surface area contributed by atoms with Gasteiger partial charge in [0.05, 0.1) is 16.7 Å². The van der Waals surface area contributed by atoms with Gasteiger partial charge in [-0.15, -0.1) is 0 Å². The summed E-state index contributed by atoms with van der Waals surface area (Å²) in [5.74, 6) is 1.68. The van der Waals surface area contributed by atoms with Gasteiger partial charge in [-0.3, -0.25) is 4.68 Å². The number of halogens is 1. The second-order valence-electron chi connectivity index (χ2n) is 4.71. The fraction of sp³-hybridized carbons (Fsp3) is 0.727. The zero-order valence-corrected chi connectivity index (χ0v) is 10.4. The van der Waals surface area contributed by atoms with Gasteiger partial charge in [0, 0.05) is 6.20 Å². The normalized spacial score (nSPS) is 33.2. The molecule has 0 spiro atoms. The Balaban J connectivity index is 2.10. The van der Waals surface area contributed by atoms with Gasteiger partial charge < -0.3 is 0 Å². The largest absolute Gasteiger partial charge is 0.269 e. The summed E-state index contributed by atoms with van der Waals surface area (Å²) in [6.07, 6.45) is 7.90. The summed E-state index contributed by atoms with van der Waals surface area (Å²) in [4.78, 5) is 0. The Kier molecular flexibility index (Phi) is 2.96. The van der Waals surface area contributed by atoms with Crippen molar-refractivity contribution in [3.8, 4) is 0 Å². The van der Waals surface area contributed by atoms with E-state index in [1.165, 1.54) is 19.3 Å². The zero-order valence-electron chi connectivity index (χ0n) is 8.78. The Morgan fingerprint density at radius 3 is 2.43 bits per heavy atom. The van der Waals surface area contributed by atoms with Crippen molar-refractivity contribution < 1.29 is 0 Å². The summed E-state index contributed by atoms with van der Waals surface area (Å²) < 4.78 is 3.21. The maximum Gasteiger partial charge on any atom is 0.0632 e. The highest BCUT2D eigenvalue weighted by atomic mass is 79.9. The molecule has 0 bridgehead atoms. The van der Waals surface area contributed by atoms with Gasteiger partial charge >= 0.3 is 0 Å². The van der Waals surface area contributed by atoms with E-state index in [1.54, 1.807) is 0 Å². The van der Waals surface area contributed by atoms with Crippen LogP contribution in [0.15, 0.2) is 16.9 Å². The molecular weight excluding hydrogens is 240 g/mol. The molecule has 0 amide bonds. The van der Waals surface area contributed by atoms with Crippen LogP contribution in [0.3, 0.4) is 0 Å². The molecule has 0 aromatic carbocycles. The van der Waals surface area contributed by atoms with Gasteiger partial charge in [0.1, 0.15) is 0 Å². The monoisotopic (exact) mass is 256 g/mol. The fourth-order valence-electron chi connectivity index (χ4n) is 2.64. The molecule has 0 N–H and O–H groups in total. The first-order chi connectivity index (χ1) is 6.65. The van der Waals surface area contributed by atoms with Crippen LogP contribution in [0.4, 0.5) is 0 Å². The van der Waals surface area contributed by atoms with Gasteiger partial charge in [-0.05, 0) is 47.0 Å². The molecule has 1 aromatic heterocycles. The highest BCUT2D eigenvalue weighted by Crippen LogP contribution is 2.35. The molecule has 1 saturated carbocycles. The summed E-state index contributed by atoms with van der Waals surface area (Å²) in [6.45, 7) is 4.70. The number of nitrogens with zero attached hydrogens (tertiary/aromatic N) is 2. The molecule has 14 heavy (non-hydrogen) atoms. The van der Waals surface area contributed by atoms with E-state index in [2.05, 4.69) is 45.8 Å². The lowest BCUT2D eigenvalue weighted by molar-refractivity contribution is 0.210. The van der Waals surface area contributed by atoms with Crippen molar-refractivity contribution in [2.24, 2.45) is 11.8 Å². The highest BCUT2D eigenvalue weighted by molar-refractivity contribution is 9.10. The quantitative estimate of drug-likeness (QED) is 0.751. The van der Waals surface area contributed by atoms with E-state index in [4.69, 9.17) is 0 Å². The summed E-state index contributed by atoms with van der Waals surface area (Å²) in [6, 6.07) is 0.611. The average molecular weight is 257 g/mol. The molecule has 1 aliphatic rings. The second kappa shape index (κ2) is 4.05. The maximum atomic E-state index is 4.38. The summed E-state index contributed by atoms with van der Waals surface area (Å²) in [5, 5.41) is 4.38. The molecule has 2 rings (SSSR count). The van der Waals surface area contributed by atoms with Gasteiger partial charge in [0.15, 0.2) is 0 Å². The number of aromatic nitrogens is 2. The molecule has 2 unspecified atom stereocenters. The van der Waals surface area contributed by atoms with Crippen molar-refractivity contribution in [1.29, 1.82) is 0 Å². The molecule has 2 nitrogen and oxygen atoms in total. The molecule has 1 aliphatic carbocycles. The first kappa shape index (κ1) is 10.2. The second-order valence-corrected chi connectivity index (χ2v) is 5.63. The fourth-order valence-corrected chi connectivity index (χ4v) is 2.94. The summed E-state index contributed by atoms with van der Waals surface area (Å²) >= 11 is 3.45. The lowest BCUT2D eigenvalue weighted by Crippen LogP contribution is -2.22. The summed E-state index contributed by atoms with van der Waals surface area (Å²) in [7, 11) is 0. The number of hydrogen-bond acceptors (Lipinski definition) is 1.